The first-order chi connectivity index (χ1) is 8.60. The van der Waals surface area contributed by atoms with Gasteiger partial charge in [0, 0.05) is 18.7 Å². The summed E-state index contributed by atoms with van der Waals surface area (Å²) in [4.78, 5) is 15.0. The summed E-state index contributed by atoms with van der Waals surface area (Å²) in [6, 6.07) is 1.88. The van der Waals surface area contributed by atoms with E-state index in [0.717, 1.165) is 23.5 Å². The molecule has 1 heterocycles. The number of thiophene rings is 1. The van der Waals surface area contributed by atoms with E-state index in [1.807, 2.05) is 23.3 Å². The van der Waals surface area contributed by atoms with Crippen LogP contribution in [0.4, 0.5) is 0 Å². The molecule has 0 aromatic carbocycles. The first-order valence-electron chi connectivity index (χ1n) is 6.15. The molecule has 2 N–H and O–H groups in total. The molecule has 0 saturated carbocycles. The lowest BCUT2D eigenvalue weighted by atomic mass is 10.2. The molecule has 98 valence electrons. The van der Waals surface area contributed by atoms with Crippen LogP contribution in [0.25, 0.3) is 0 Å². The molecule has 1 amide bonds. The molecule has 0 aliphatic heterocycles. The van der Waals surface area contributed by atoms with Gasteiger partial charge in [0.05, 0.1) is 6.54 Å². The van der Waals surface area contributed by atoms with Crippen molar-refractivity contribution in [2.24, 2.45) is 11.7 Å². The van der Waals surface area contributed by atoms with E-state index in [2.05, 4.69) is 25.7 Å². The lowest BCUT2D eigenvalue weighted by Crippen LogP contribution is -2.33. The maximum absolute atomic E-state index is 12.4. The number of hydrogen-bond donors (Lipinski definition) is 1. The summed E-state index contributed by atoms with van der Waals surface area (Å²) in [5.74, 6) is 6.29. The summed E-state index contributed by atoms with van der Waals surface area (Å²) in [7, 11) is 0. The van der Waals surface area contributed by atoms with Gasteiger partial charge in [0.2, 0.25) is 0 Å². The van der Waals surface area contributed by atoms with Crippen LogP contribution in [0.15, 0.2) is 11.4 Å². The molecule has 1 aromatic rings. The maximum atomic E-state index is 12.4. The lowest BCUT2D eigenvalue weighted by molar-refractivity contribution is 0.0750. The number of carbonyl (C=O) groups is 1. The van der Waals surface area contributed by atoms with Gasteiger partial charge in [0.25, 0.3) is 5.91 Å². The Hall–Kier alpha value is -1.31. The van der Waals surface area contributed by atoms with Gasteiger partial charge in [-0.15, -0.1) is 11.3 Å². The van der Waals surface area contributed by atoms with Crippen LogP contribution in [0, 0.1) is 17.8 Å². The summed E-state index contributed by atoms with van der Waals surface area (Å²) in [5.41, 5.74) is 6.15. The minimum absolute atomic E-state index is 0.0718. The van der Waals surface area contributed by atoms with E-state index in [9.17, 15) is 4.79 Å². The number of rotatable bonds is 4. The first-order valence-corrected chi connectivity index (χ1v) is 7.03. The van der Waals surface area contributed by atoms with E-state index < -0.39 is 0 Å². The Morgan fingerprint density at radius 2 is 2.28 bits per heavy atom. The standard InChI is InChI=1S/C14H20N2OS/c1-4-16(10-11(2)3)14(17)13-12(6-5-8-15)7-9-18-13/h7,9,11H,4,8,10,15H2,1-3H3. The Morgan fingerprint density at radius 3 is 2.83 bits per heavy atom. The smallest absolute Gasteiger partial charge is 0.265 e. The molecule has 0 aliphatic carbocycles. The minimum Gasteiger partial charge on any atom is -0.338 e. The van der Waals surface area contributed by atoms with Crippen LogP contribution in [-0.4, -0.2) is 30.4 Å². The Bertz CT molecular complexity index is 454. The molecule has 0 saturated heterocycles. The lowest BCUT2D eigenvalue weighted by Gasteiger charge is -2.22. The van der Waals surface area contributed by atoms with Crippen LogP contribution in [0.5, 0.6) is 0 Å². The van der Waals surface area contributed by atoms with Crippen molar-refractivity contribution in [2.75, 3.05) is 19.6 Å². The molecule has 1 rings (SSSR count). The predicted molar refractivity (Wildman–Crippen MR) is 76.7 cm³/mol. The van der Waals surface area contributed by atoms with Gasteiger partial charge < -0.3 is 10.6 Å². The van der Waals surface area contributed by atoms with Crippen molar-refractivity contribution < 1.29 is 4.79 Å². The molecular formula is C14H20N2OS. The number of nitrogens with zero attached hydrogens (tertiary/aromatic N) is 1. The molecule has 3 nitrogen and oxygen atoms in total. The van der Waals surface area contributed by atoms with Crippen LogP contribution in [0.2, 0.25) is 0 Å². The highest BCUT2D eigenvalue weighted by molar-refractivity contribution is 7.12. The second-order valence-corrected chi connectivity index (χ2v) is 5.32. The number of carbonyl (C=O) groups excluding carboxylic acids is 1. The summed E-state index contributed by atoms with van der Waals surface area (Å²) in [6.07, 6.45) is 0. The van der Waals surface area contributed by atoms with Crippen molar-refractivity contribution in [2.45, 2.75) is 20.8 Å². The summed E-state index contributed by atoms with van der Waals surface area (Å²) >= 11 is 1.44. The van der Waals surface area contributed by atoms with Gasteiger partial charge >= 0.3 is 0 Å². The van der Waals surface area contributed by atoms with Crippen LogP contribution < -0.4 is 5.73 Å². The van der Waals surface area contributed by atoms with Gasteiger partial charge in [-0.25, -0.2) is 0 Å². The topological polar surface area (TPSA) is 46.3 Å². The highest BCUT2D eigenvalue weighted by Crippen LogP contribution is 2.18. The Labute approximate surface area is 113 Å². The van der Waals surface area contributed by atoms with Crippen molar-refractivity contribution >= 4 is 17.2 Å². The minimum atomic E-state index is 0.0718. The maximum Gasteiger partial charge on any atom is 0.265 e. The highest BCUT2D eigenvalue weighted by atomic mass is 32.1. The molecule has 0 fully saturated rings. The average Bonchev–Trinajstić information content (AvgIpc) is 2.80. The third-order valence-corrected chi connectivity index (χ3v) is 3.34. The van der Waals surface area contributed by atoms with Crippen LogP contribution in [-0.2, 0) is 0 Å². The summed E-state index contributed by atoms with van der Waals surface area (Å²) in [5, 5.41) is 1.90. The van der Waals surface area contributed by atoms with Crippen molar-refractivity contribution in [1.82, 2.24) is 4.90 Å². The second-order valence-electron chi connectivity index (χ2n) is 4.41. The fourth-order valence-corrected chi connectivity index (χ4v) is 2.48. The Morgan fingerprint density at radius 1 is 1.56 bits per heavy atom. The fourth-order valence-electron chi connectivity index (χ4n) is 1.66. The van der Waals surface area contributed by atoms with E-state index >= 15 is 0 Å². The van der Waals surface area contributed by atoms with Crippen molar-refractivity contribution in [3.8, 4) is 11.8 Å². The van der Waals surface area contributed by atoms with Crippen LogP contribution in [0.3, 0.4) is 0 Å². The normalized spacial score (nSPS) is 10.1. The van der Waals surface area contributed by atoms with Gasteiger partial charge in [0.15, 0.2) is 0 Å². The van der Waals surface area contributed by atoms with E-state index in [0.29, 0.717) is 12.5 Å². The van der Waals surface area contributed by atoms with Crippen molar-refractivity contribution in [1.29, 1.82) is 0 Å². The zero-order chi connectivity index (χ0) is 13.5. The zero-order valence-electron chi connectivity index (χ0n) is 11.2. The molecule has 0 aliphatic rings. The van der Waals surface area contributed by atoms with Gasteiger partial charge in [0.1, 0.15) is 4.88 Å². The quantitative estimate of drug-likeness (QED) is 0.847. The molecule has 1 aromatic heterocycles. The molecule has 4 heteroatoms. The SMILES string of the molecule is CCN(CC(C)C)C(=O)c1sccc1C#CCN. The van der Waals surface area contributed by atoms with Crippen molar-refractivity contribution in [3.05, 3.63) is 21.9 Å². The number of amides is 1. The van der Waals surface area contributed by atoms with Gasteiger partial charge in [-0.3, -0.25) is 4.79 Å². The van der Waals surface area contributed by atoms with E-state index in [-0.39, 0.29) is 5.91 Å². The number of nitrogens with two attached hydrogens (primary N) is 1. The molecule has 18 heavy (non-hydrogen) atoms. The largest absolute Gasteiger partial charge is 0.338 e. The number of hydrogen-bond acceptors (Lipinski definition) is 3. The van der Waals surface area contributed by atoms with Crippen LogP contribution in [0.1, 0.15) is 36.0 Å². The predicted octanol–water partition coefficient (Wildman–Crippen LogP) is 2.18. The summed E-state index contributed by atoms with van der Waals surface area (Å²) < 4.78 is 0. The molecule has 0 radical (unpaired) electrons. The average molecular weight is 264 g/mol. The monoisotopic (exact) mass is 264 g/mol. The second kappa shape index (κ2) is 7.20. The third kappa shape index (κ3) is 3.86. The van der Waals surface area contributed by atoms with E-state index in [1.54, 1.807) is 0 Å². The third-order valence-electron chi connectivity index (χ3n) is 2.44. The molecule has 0 unspecified atom stereocenters. The van der Waals surface area contributed by atoms with Crippen molar-refractivity contribution in [3.63, 3.8) is 0 Å². The summed E-state index contributed by atoms with van der Waals surface area (Å²) in [6.45, 7) is 8.03. The van der Waals surface area contributed by atoms with Gasteiger partial charge in [-0.2, -0.15) is 0 Å². The Balaban J connectivity index is 2.91. The molecule has 0 atom stereocenters. The Kier molecular flexibility index (Phi) is 5.90. The first kappa shape index (κ1) is 14.7. The van der Waals surface area contributed by atoms with E-state index in [4.69, 9.17) is 5.73 Å². The van der Waals surface area contributed by atoms with Gasteiger partial charge in [-0.05, 0) is 24.3 Å². The molecule has 0 bridgehead atoms. The fraction of sp³-hybridized carbons (Fsp3) is 0.500. The molecule has 0 spiro atoms. The zero-order valence-corrected chi connectivity index (χ0v) is 12.0. The van der Waals surface area contributed by atoms with E-state index in [1.165, 1.54) is 11.3 Å². The molecular weight excluding hydrogens is 244 g/mol. The highest BCUT2D eigenvalue weighted by Gasteiger charge is 2.19. The van der Waals surface area contributed by atoms with Gasteiger partial charge in [-0.1, -0.05) is 25.7 Å². The van der Waals surface area contributed by atoms with Crippen LogP contribution >= 0.6 is 11.3 Å².